The molecule has 2 N–H and O–H groups in total. The minimum absolute atomic E-state index is 0. The Bertz CT molecular complexity index is 430. The van der Waals surface area contributed by atoms with Gasteiger partial charge in [0, 0.05) is 12.6 Å². The number of ether oxygens (including phenoxy) is 1. The van der Waals surface area contributed by atoms with Crippen LogP contribution in [0.5, 0.6) is 0 Å². The number of rotatable bonds is 7. The molecule has 0 heterocycles. The van der Waals surface area contributed by atoms with Crippen molar-refractivity contribution >= 4 is 29.9 Å². The summed E-state index contributed by atoms with van der Waals surface area (Å²) in [6.45, 7) is 12.6. The van der Waals surface area contributed by atoms with E-state index in [4.69, 9.17) is 4.74 Å². The van der Waals surface area contributed by atoms with Crippen molar-refractivity contribution < 1.29 is 4.74 Å². The average molecular weight is 419 g/mol. The number of hydrogen-bond acceptors (Lipinski definition) is 2. The molecular weight excluding hydrogens is 389 g/mol. The molecule has 22 heavy (non-hydrogen) atoms. The number of benzene rings is 1. The first-order valence-electron chi connectivity index (χ1n) is 7.75. The largest absolute Gasteiger partial charge is 0.374 e. The Kier molecular flexibility index (Phi) is 11.3. The summed E-state index contributed by atoms with van der Waals surface area (Å²) in [5.74, 6) is 0.861. The van der Waals surface area contributed by atoms with Crippen LogP contribution in [0.3, 0.4) is 0 Å². The Morgan fingerprint density at radius 1 is 1.09 bits per heavy atom. The molecule has 5 heteroatoms. The van der Waals surface area contributed by atoms with E-state index in [9.17, 15) is 0 Å². The highest BCUT2D eigenvalue weighted by atomic mass is 127. The van der Waals surface area contributed by atoms with Crippen LogP contribution in [0, 0.1) is 0 Å². The first-order chi connectivity index (χ1) is 10.0. The van der Waals surface area contributed by atoms with Crippen molar-refractivity contribution in [3.63, 3.8) is 0 Å². The van der Waals surface area contributed by atoms with Crippen molar-refractivity contribution in [3.05, 3.63) is 35.4 Å². The van der Waals surface area contributed by atoms with Crippen LogP contribution in [-0.2, 0) is 17.9 Å². The van der Waals surface area contributed by atoms with Gasteiger partial charge in [-0.2, -0.15) is 0 Å². The van der Waals surface area contributed by atoms with Crippen molar-refractivity contribution in [3.8, 4) is 0 Å². The number of nitrogens with zero attached hydrogens (tertiary/aromatic N) is 1. The summed E-state index contributed by atoms with van der Waals surface area (Å²) in [6.07, 6.45) is 0.263. The number of halogens is 1. The maximum absolute atomic E-state index is 5.59. The molecule has 0 aliphatic carbocycles. The van der Waals surface area contributed by atoms with Crippen LogP contribution in [0.25, 0.3) is 0 Å². The molecule has 0 aromatic heterocycles. The van der Waals surface area contributed by atoms with Crippen LogP contribution in [0.15, 0.2) is 29.3 Å². The first-order valence-corrected chi connectivity index (χ1v) is 7.75. The molecule has 1 rings (SSSR count). The highest BCUT2D eigenvalue weighted by molar-refractivity contribution is 14.0. The maximum Gasteiger partial charge on any atom is 0.191 e. The maximum atomic E-state index is 5.59. The molecule has 0 radical (unpaired) electrons. The monoisotopic (exact) mass is 419 g/mol. The molecule has 126 valence electrons. The van der Waals surface area contributed by atoms with Gasteiger partial charge in [0.25, 0.3) is 0 Å². The van der Waals surface area contributed by atoms with E-state index in [0.717, 1.165) is 12.5 Å². The van der Waals surface area contributed by atoms with Gasteiger partial charge in [0.1, 0.15) is 0 Å². The predicted octanol–water partition coefficient (Wildman–Crippen LogP) is 3.69. The molecular formula is C17H30IN3O. The summed E-state index contributed by atoms with van der Waals surface area (Å²) in [4.78, 5) is 4.59. The molecule has 0 spiro atoms. The molecule has 0 saturated carbocycles. The smallest absolute Gasteiger partial charge is 0.191 e. The molecule has 0 unspecified atom stereocenters. The van der Waals surface area contributed by atoms with E-state index in [0.29, 0.717) is 19.2 Å². The lowest BCUT2D eigenvalue weighted by atomic mass is 10.1. The number of nitrogens with one attached hydrogen (secondary N) is 2. The fraction of sp³-hybridized carbons (Fsp3) is 0.588. The molecule has 1 aromatic carbocycles. The third-order valence-electron chi connectivity index (χ3n) is 2.80. The summed E-state index contributed by atoms with van der Waals surface area (Å²) in [5, 5.41) is 6.56. The second-order valence-corrected chi connectivity index (χ2v) is 5.67. The molecule has 1 aromatic rings. The summed E-state index contributed by atoms with van der Waals surface area (Å²) < 4.78 is 5.59. The summed E-state index contributed by atoms with van der Waals surface area (Å²) >= 11 is 0. The van der Waals surface area contributed by atoms with Gasteiger partial charge in [0.2, 0.25) is 0 Å². The van der Waals surface area contributed by atoms with Crippen LogP contribution >= 0.6 is 24.0 Å². The molecule has 0 atom stereocenters. The van der Waals surface area contributed by atoms with E-state index in [1.165, 1.54) is 11.1 Å². The van der Waals surface area contributed by atoms with Gasteiger partial charge in [-0.1, -0.05) is 24.3 Å². The van der Waals surface area contributed by atoms with Gasteiger partial charge in [-0.25, -0.2) is 4.99 Å². The van der Waals surface area contributed by atoms with Gasteiger partial charge in [-0.3, -0.25) is 0 Å². The Morgan fingerprint density at radius 3 is 2.18 bits per heavy atom. The van der Waals surface area contributed by atoms with Crippen molar-refractivity contribution in [2.45, 2.75) is 59.9 Å². The summed E-state index contributed by atoms with van der Waals surface area (Å²) in [5.41, 5.74) is 2.40. The minimum Gasteiger partial charge on any atom is -0.374 e. The Balaban J connectivity index is 0.00000441. The number of aliphatic imine (C=N–C) groups is 1. The van der Waals surface area contributed by atoms with Gasteiger partial charge in [-0.15, -0.1) is 24.0 Å². The van der Waals surface area contributed by atoms with E-state index in [1.807, 2.05) is 13.8 Å². The van der Waals surface area contributed by atoms with Crippen molar-refractivity contribution in [2.24, 2.45) is 4.99 Å². The first kappa shape index (κ1) is 21.2. The quantitative estimate of drug-likeness (QED) is 0.403. The van der Waals surface area contributed by atoms with Gasteiger partial charge >= 0.3 is 0 Å². The third-order valence-corrected chi connectivity index (χ3v) is 2.80. The fourth-order valence-electron chi connectivity index (χ4n) is 1.77. The van der Waals surface area contributed by atoms with Crippen LogP contribution < -0.4 is 10.6 Å². The van der Waals surface area contributed by atoms with Crippen LogP contribution in [0.1, 0.15) is 45.7 Å². The zero-order valence-corrected chi connectivity index (χ0v) is 16.7. The molecule has 0 amide bonds. The van der Waals surface area contributed by atoms with E-state index in [1.54, 1.807) is 0 Å². The lowest BCUT2D eigenvalue weighted by Gasteiger charge is -2.14. The molecule has 0 bridgehead atoms. The molecule has 0 fully saturated rings. The normalized spacial score (nSPS) is 11.5. The van der Waals surface area contributed by atoms with Gasteiger partial charge in [-0.05, 0) is 45.7 Å². The average Bonchev–Trinajstić information content (AvgIpc) is 2.43. The van der Waals surface area contributed by atoms with Gasteiger partial charge in [0.15, 0.2) is 5.96 Å². The van der Waals surface area contributed by atoms with Gasteiger partial charge < -0.3 is 15.4 Å². The van der Waals surface area contributed by atoms with Gasteiger partial charge in [0.05, 0.1) is 19.3 Å². The van der Waals surface area contributed by atoms with Crippen molar-refractivity contribution in [1.82, 2.24) is 10.6 Å². The van der Waals surface area contributed by atoms with Crippen LogP contribution in [0.2, 0.25) is 0 Å². The highest BCUT2D eigenvalue weighted by Crippen LogP contribution is 2.08. The standard InChI is InChI=1S/C17H29N3O.HI/c1-6-18-17(20-13(2)3)19-11-15-7-9-16(10-8-15)12-21-14(4)5;/h7-10,13-14H,6,11-12H2,1-5H3,(H2,18,19,20);1H. The third kappa shape index (κ3) is 9.25. The van der Waals surface area contributed by atoms with Crippen LogP contribution in [0.4, 0.5) is 0 Å². The second kappa shape index (κ2) is 11.7. The molecule has 0 aliphatic heterocycles. The number of guanidine groups is 1. The Labute approximate surface area is 152 Å². The molecule has 0 saturated heterocycles. The highest BCUT2D eigenvalue weighted by Gasteiger charge is 2.00. The van der Waals surface area contributed by atoms with E-state index < -0.39 is 0 Å². The topological polar surface area (TPSA) is 45.7 Å². The lowest BCUT2D eigenvalue weighted by molar-refractivity contribution is 0.0657. The van der Waals surface area contributed by atoms with E-state index in [2.05, 4.69) is 60.7 Å². The Hall–Kier alpha value is -0.820. The van der Waals surface area contributed by atoms with E-state index >= 15 is 0 Å². The second-order valence-electron chi connectivity index (χ2n) is 5.67. The van der Waals surface area contributed by atoms with E-state index in [-0.39, 0.29) is 30.1 Å². The summed E-state index contributed by atoms with van der Waals surface area (Å²) in [7, 11) is 0. The SMILES string of the molecule is CCNC(=NCc1ccc(COC(C)C)cc1)NC(C)C.I. The zero-order chi connectivity index (χ0) is 15.7. The molecule has 0 aliphatic rings. The summed E-state index contributed by atoms with van der Waals surface area (Å²) in [6, 6.07) is 8.81. The molecule has 4 nitrogen and oxygen atoms in total. The predicted molar refractivity (Wildman–Crippen MR) is 105 cm³/mol. The zero-order valence-electron chi connectivity index (χ0n) is 14.3. The Morgan fingerprint density at radius 2 is 1.68 bits per heavy atom. The minimum atomic E-state index is 0. The van der Waals surface area contributed by atoms with Crippen molar-refractivity contribution in [1.29, 1.82) is 0 Å². The lowest BCUT2D eigenvalue weighted by Crippen LogP contribution is -2.40. The van der Waals surface area contributed by atoms with Crippen LogP contribution in [-0.4, -0.2) is 24.7 Å². The number of hydrogen-bond donors (Lipinski definition) is 2. The fourth-order valence-corrected chi connectivity index (χ4v) is 1.77. The van der Waals surface area contributed by atoms with Crippen molar-refractivity contribution in [2.75, 3.05) is 6.54 Å².